The van der Waals surface area contributed by atoms with Crippen molar-refractivity contribution in [2.75, 3.05) is 0 Å². The number of rotatable bonds is 3. The van der Waals surface area contributed by atoms with Gasteiger partial charge in [0.05, 0.1) is 0 Å². The van der Waals surface area contributed by atoms with Gasteiger partial charge in [0.1, 0.15) is 6.33 Å². The van der Waals surface area contributed by atoms with Gasteiger partial charge in [-0.1, -0.05) is 12.1 Å². The first-order valence-electron chi connectivity index (χ1n) is 5.15. The van der Waals surface area contributed by atoms with Crippen LogP contribution in [-0.4, -0.2) is 14.8 Å². The van der Waals surface area contributed by atoms with E-state index in [4.69, 9.17) is 10.5 Å². The Morgan fingerprint density at radius 3 is 2.82 bits per heavy atom. The van der Waals surface area contributed by atoms with Gasteiger partial charge in [-0.15, -0.1) is 5.10 Å². The fourth-order valence-electron chi connectivity index (χ4n) is 1.45. The third-order valence-corrected chi connectivity index (χ3v) is 2.26. The van der Waals surface area contributed by atoms with Crippen molar-refractivity contribution in [2.45, 2.75) is 13.0 Å². The maximum atomic E-state index is 13.7. The van der Waals surface area contributed by atoms with Gasteiger partial charge < -0.3 is 10.5 Å². The molecular weight excluding hydrogens is 223 g/mol. The first kappa shape index (κ1) is 11.5. The van der Waals surface area contributed by atoms with Gasteiger partial charge in [-0.2, -0.15) is 4.98 Å². The third-order valence-electron chi connectivity index (χ3n) is 2.26. The first-order chi connectivity index (χ1) is 8.08. The van der Waals surface area contributed by atoms with Crippen molar-refractivity contribution in [2.24, 2.45) is 12.8 Å². The minimum absolute atomic E-state index is 0.0775. The third kappa shape index (κ3) is 2.42. The molecule has 0 amide bonds. The molecule has 90 valence electrons. The molecule has 1 atom stereocenters. The number of aryl methyl sites for hydroxylation is 1. The predicted molar refractivity (Wildman–Crippen MR) is 60.1 cm³/mol. The Labute approximate surface area is 98.0 Å². The molecule has 1 heterocycles. The predicted octanol–water partition coefficient (Wildman–Crippen LogP) is 1.77. The minimum Gasteiger partial charge on any atom is -0.420 e. The summed E-state index contributed by atoms with van der Waals surface area (Å²) in [6, 6.07) is 4.38. The van der Waals surface area contributed by atoms with E-state index in [0.29, 0.717) is 5.56 Å². The fourth-order valence-corrected chi connectivity index (χ4v) is 1.45. The monoisotopic (exact) mass is 236 g/mol. The molecule has 0 aliphatic heterocycles. The van der Waals surface area contributed by atoms with Crippen molar-refractivity contribution in [3.05, 3.63) is 35.9 Å². The molecule has 0 spiro atoms. The summed E-state index contributed by atoms with van der Waals surface area (Å²) in [6.07, 6.45) is 1.47. The Hall–Kier alpha value is -1.95. The summed E-state index contributed by atoms with van der Waals surface area (Å²) in [4.78, 5) is 3.87. The zero-order valence-electron chi connectivity index (χ0n) is 9.59. The zero-order valence-corrected chi connectivity index (χ0v) is 9.59. The Kier molecular flexibility index (Phi) is 3.06. The van der Waals surface area contributed by atoms with E-state index in [1.165, 1.54) is 17.1 Å². The van der Waals surface area contributed by atoms with Crippen LogP contribution in [0.3, 0.4) is 0 Å². The zero-order chi connectivity index (χ0) is 12.4. The van der Waals surface area contributed by atoms with Gasteiger partial charge in [-0.05, 0) is 13.0 Å². The minimum atomic E-state index is -0.479. The molecule has 0 fully saturated rings. The van der Waals surface area contributed by atoms with Crippen molar-refractivity contribution in [1.29, 1.82) is 0 Å². The number of hydrogen-bond acceptors (Lipinski definition) is 4. The molecule has 2 aromatic rings. The number of aromatic nitrogens is 3. The van der Waals surface area contributed by atoms with Crippen LogP contribution in [0, 0.1) is 5.82 Å². The first-order valence-corrected chi connectivity index (χ1v) is 5.15. The van der Waals surface area contributed by atoms with Gasteiger partial charge in [-0.3, -0.25) is 4.68 Å². The topological polar surface area (TPSA) is 66.0 Å². The highest BCUT2D eigenvalue weighted by atomic mass is 19.1. The van der Waals surface area contributed by atoms with Crippen molar-refractivity contribution in [1.82, 2.24) is 14.8 Å². The van der Waals surface area contributed by atoms with Crippen LogP contribution >= 0.6 is 0 Å². The SMILES string of the molecule is C[C@@H](N)c1cccc(F)c1Oc1ncn(C)n1. The van der Waals surface area contributed by atoms with Crippen LogP contribution in [0.5, 0.6) is 11.8 Å². The normalized spacial score (nSPS) is 12.5. The number of nitrogens with two attached hydrogens (primary N) is 1. The molecule has 1 aromatic carbocycles. The molecule has 17 heavy (non-hydrogen) atoms. The highest BCUT2D eigenvalue weighted by molar-refractivity contribution is 5.38. The molecule has 2 rings (SSSR count). The molecular formula is C11H13FN4O. The Bertz CT molecular complexity index is 524. The smallest absolute Gasteiger partial charge is 0.341 e. The lowest BCUT2D eigenvalue weighted by molar-refractivity contribution is 0.401. The summed E-state index contributed by atoms with van der Waals surface area (Å²) in [7, 11) is 1.70. The second kappa shape index (κ2) is 4.50. The molecule has 5 nitrogen and oxygen atoms in total. The van der Waals surface area contributed by atoms with Crippen LogP contribution in [0.15, 0.2) is 24.5 Å². The van der Waals surface area contributed by atoms with E-state index in [1.807, 2.05) is 0 Å². The average Bonchev–Trinajstić information content (AvgIpc) is 2.67. The van der Waals surface area contributed by atoms with Gasteiger partial charge in [0.2, 0.25) is 0 Å². The number of para-hydroxylation sites is 1. The van der Waals surface area contributed by atoms with E-state index in [1.54, 1.807) is 26.1 Å². The lowest BCUT2D eigenvalue weighted by atomic mass is 10.1. The van der Waals surface area contributed by atoms with E-state index in [9.17, 15) is 4.39 Å². The molecule has 1 aromatic heterocycles. The maximum Gasteiger partial charge on any atom is 0.341 e. The van der Waals surface area contributed by atoms with E-state index in [0.717, 1.165) is 0 Å². The Balaban J connectivity index is 2.37. The molecule has 0 aliphatic carbocycles. The van der Waals surface area contributed by atoms with E-state index < -0.39 is 5.82 Å². The molecule has 0 saturated carbocycles. The highest BCUT2D eigenvalue weighted by Gasteiger charge is 2.15. The standard InChI is InChI=1S/C11H13FN4O/c1-7(13)8-4-3-5-9(12)10(8)17-11-14-6-16(2)15-11/h3-7H,13H2,1-2H3/t7-/m1/s1. The van der Waals surface area contributed by atoms with Crippen molar-refractivity contribution >= 4 is 0 Å². The molecule has 0 saturated heterocycles. The van der Waals surface area contributed by atoms with Crippen LogP contribution < -0.4 is 10.5 Å². The largest absolute Gasteiger partial charge is 0.420 e. The molecule has 0 bridgehead atoms. The summed E-state index contributed by atoms with van der Waals surface area (Å²) in [6.45, 7) is 1.76. The Morgan fingerprint density at radius 1 is 1.47 bits per heavy atom. The number of halogens is 1. The van der Waals surface area contributed by atoms with Crippen molar-refractivity contribution in [3.8, 4) is 11.8 Å². The van der Waals surface area contributed by atoms with Crippen molar-refractivity contribution < 1.29 is 9.13 Å². The van der Waals surface area contributed by atoms with Crippen LogP contribution in [0.4, 0.5) is 4.39 Å². The van der Waals surface area contributed by atoms with Crippen LogP contribution in [0.2, 0.25) is 0 Å². The quantitative estimate of drug-likeness (QED) is 0.881. The van der Waals surface area contributed by atoms with Gasteiger partial charge in [0, 0.05) is 18.7 Å². The second-order valence-electron chi connectivity index (χ2n) is 3.75. The summed E-state index contributed by atoms with van der Waals surface area (Å²) >= 11 is 0. The van der Waals surface area contributed by atoms with E-state index >= 15 is 0 Å². The van der Waals surface area contributed by atoms with Crippen LogP contribution in [-0.2, 0) is 7.05 Å². The maximum absolute atomic E-state index is 13.7. The summed E-state index contributed by atoms with van der Waals surface area (Å²) in [5.74, 6) is -0.402. The fraction of sp³-hybridized carbons (Fsp3) is 0.273. The number of hydrogen-bond donors (Lipinski definition) is 1. The highest BCUT2D eigenvalue weighted by Crippen LogP contribution is 2.29. The van der Waals surface area contributed by atoms with Gasteiger partial charge in [-0.25, -0.2) is 4.39 Å². The molecule has 0 unspecified atom stereocenters. The second-order valence-corrected chi connectivity index (χ2v) is 3.75. The molecule has 6 heteroatoms. The lowest BCUT2D eigenvalue weighted by Crippen LogP contribution is -2.08. The summed E-state index contributed by atoms with van der Waals surface area (Å²) in [5.41, 5.74) is 6.33. The molecule has 2 N–H and O–H groups in total. The van der Waals surface area contributed by atoms with Gasteiger partial charge >= 0.3 is 6.01 Å². The summed E-state index contributed by atoms with van der Waals surface area (Å²) < 4.78 is 20.5. The van der Waals surface area contributed by atoms with Crippen LogP contribution in [0.1, 0.15) is 18.5 Å². The number of ether oxygens (including phenoxy) is 1. The number of benzene rings is 1. The van der Waals surface area contributed by atoms with Gasteiger partial charge in [0.15, 0.2) is 11.6 Å². The van der Waals surface area contributed by atoms with Crippen molar-refractivity contribution in [3.63, 3.8) is 0 Å². The number of nitrogens with zero attached hydrogens (tertiary/aromatic N) is 3. The molecule has 0 aliphatic rings. The summed E-state index contributed by atoms with van der Waals surface area (Å²) in [5, 5.41) is 3.92. The molecule has 0 radical (unpaired) electrons. The van der Waals surface area contributed by atoms with Gasteiger partial charge in [0.25, 0.3) is 0 Å². The van der Waals surface area contributed by atoms with E-state index in [-0.39, 0.29) is 17.8 Å². The van der Waals surface area contributed by atoms with E-state index in [2.05, 4.69) is 10.1 Å². The van der Waals surface area contributed by atoms with Crippen LogP contribution in [0.25, 0.3) is 0 Å². The lowest BCUT2D eigenvalue weighted by Gasteiger charge is -2.12. The Morgan fingerprint density at radius 2 is 2.24 bits per heavy atom. The average molecular weight is 236 g/mol.